The largest absolute Gasteiger partial charge is 0.350 e. The van der Waals surface area contributed by atoms with Crippen LogP contribution >= 0.6 is 11.6 Å². The molecule has 1 aromatic heterocycles. The third-order valence-corrected chi connectivity index (χ3v) is 2.72. The second-order valence-corrected chi connectivity index (χ2v) is 4.37. The van der Waals surface area contributed by atoms with E-state index in [1.165, 1.54) is 11.1 Å². The lowest BCUT2D eigenvalue weighted by atomic mass is 10.1. The predicted molar refractivity (Wildman–Crippen MR) is 73.6 cm³/mol. The summed E-state index contributed by atoms with van der Waals surface area (Å²) in [5, 5.41) is 3.67. The first kappa shape index (κ1) is 12.8. The van der Waals surface area contributed by atoms with Crippen LogP contribution in [-0.2, 0) is 13.0 Å². The Morgan fingerprint density at radius 2 is 1.67 bits per heavy atom. The number of nitrogens with two attached hydrogens (primary N) is 1. The van der Waals surface area contributed by atoms with Gasteiger partial charge in [-0.25, -0.2) is 9.97 Å². The van der Waals surface area contributed by atoms with Gasteiger partial charge in [0.1, 0.15) is 0 Å². The minimum Gasteiger partial charge on any atom is -0.350 e. The van der Waals surface area contributed by atoms with Gasteiger partial charge in [-0.1, -0.05) is 35.9 Å². The van der Waals surface area contributed by atoms with Crippen LogP contribution < -0.4 is 11.1 Å². The Labute approximate surface area is 111 Å². The van der Waals surface area contributed by atoms with Gasteiger partial charge in [-0.3, -0.25) is 0 Å². The lowest BCUT2D eigenvalue weighted by molar-refractivity contribution is 0.965. The van der Waals surface area contributed by atoms with Crippen molar-refractivity contribution in [2.45, 2.75) is 13.0 Å². The van der Waals surface area contributed by atoms with Crippen LogP contribution in [-0.4, -0.2) is 16.5 Å². The van der Waals surface area contributed by atoms with E-state index in [0.717, 1.165) is 6.42 Å². The molecule has 0 spiro atoms. The van der Waals surface area contributed by atoms with Gasteiger partial charge in [0.2, 0.25) is 5.95 Å². The maximum atomic E-state index is 5.71. The first-order chi connectivity index (χ1) is 8.78. The highest BCUT2D eigenvalue weighted by Gasteiger charge is 1.97. The highest BCUT2D eigenvalue weighted by molar-refractivity contribution is 6.30. The standard InChI is InChI=1S/C13H15ClN4/c14-12-8-17-13(18-9-12)16-7-11-3-1-10(2-4-11)5-6-15/h1-4,8-9H,5-7,15H2,(H,16,17,18). The van der Waals surface area contributed by atoms with Crippen LogP contribution in [0.3, 0.4) is 0 Å². The van der Waals surface area contributed by atoms with Crippen LogP contribution in [0.5, 0.6) is 0 Å². The molecule has 4 nitrogen and oxygen atoms in total. The minimum atomic E-state index is 0.534. The summed E-state index contributed by atoms with van der Waals surface area (Å²) in [6.07, 6.45) is 4.05. The number of anilines is 1. The summed E-state index contributed by atoms with van der Waals surface area (Å²) >= 11 is 5.71. The molecule has 0 atom stereocenters. The molecule has 0 saturated carbocycles. The van der Waals surface area contributed by atoms with E-state index in [2.05, 4.69) is 39.6 Å². The van der Waals surface area contributed by atoms with E-state index in [-0.39, 0.29) is 0 Å². The Balaban J connectivity index is 1.91. The average Bonchev–Trinajstić information content (AvgIpc) is 2.40. The molecule has 0 radical (unpaired) electrons. The van der Waals surface area contributed by atoms with Crippen molar-refractivity contribution in [3.63, 3.8) is 0 Å². The number of aromatic nitrogens is 2. The second-order valence-electron chi connectivity index (χ2n) is 3.93. The highest BCUT2D eigenvalue weighted by Crippen LogP contribution is 2.08. The summed E-state index contributed by atoms with van der Waals surface area (Å²) in [6.45, 7) is 1.36. The van der Waals surface area contributed by atoms with Crippen LogP contribution in [0, 0.1) is 0 Å². The molecule has 3 N–H and O–H groups in total. The van der Waals surface area contributed by atoms with E-state index < -0.39 is 0 Å². The van der Waals surface area contributed by atoms with Crippen LogP contribution in [0.15, 0.2) is 36.7 Å². The molecule has 0 saturated heterocycles. The molecule has 0 aliphatic carbocycles. The van der Waals surface area contributed by atoms with Crippen LogP contribution in [0.4, 0.5) is 5.95 Å². The van der Waals surface area contributed by atoms with E-state index in [9.17, 15) is 0 Å². The third-order valence-electron chi connectivity index (χ3n) is 2.53. The average molecular weight is 263 g/mol. The first-order valence-electron chi connectivity index (χ1n) is 5.77. The predicted octanol–water partition coefficient (Wildman–Crippen LogP) is 2.24. The molecule has 0 fully saturated rings. The maximum absolute atomic E-state index is 5.71. The van der Waals surface area contributed by atoms with Crippen molar-refractivity contribution >= 4 is 17.5 Å². The van der Waals surface area contributed by atoms with Gasteiger partial charge in [-0.15, -0.1) is 0 Å². The van der Waals surface area contributed by atoms with Crippen molar-refractivity contribution in [3.05, 3.63) is 52.8 Å². The lowest BCUT2D eigenvalue weighted by Crippen LogP contribution is -2.04. The van der Waals surface area contributed by atoms with Gasteiger partial charge in [-0.05, 0) is 24.1 Å². The van der Waals surface area contributed by atoms with Crippen molar-refractivity contribution in [2.24, 2.45) is 5.73 Å². The molecule has 0 unspecified atom stereocenters. The van der Waals surface area contributed by atoms with Crippen molar-refractivity contribution < 1.29 is 0 Å². The van der Waals surface area contributed by atoms with E-state index in [4.69, 9.17) is 17.3 Å². The molecule has 18 heavy (non-hydrogen) atoms. The van der Waals surface area contributed by atoms with Gasteiger partial charge in [0.15, 0.2) is 0 Å². The topological polar surface area (TPSA) is 63.8 Å². The van der Waals surface area contributed by atoms with Gasteiger partial charge in [0.25, 0.3) is 0 Å². The Hall–Kier alpha value is -1.65. The van der Waals surface area contributed by atoms with Gasteiger partial charge in [-0.2, -0.15) is 0 Å². The molecule has 1 heterocycles. The molecular formula is C13H15ClN4. The Kier molecular flexibility index (Phi) is 4.50. The Bertz CT molecular complexity index is 481. The monoisotopic (exact) mass is 262 g/mol. The summed E-state index contributed by atoms with van der Waals surface area (Å²) in [5.74, 6) is 0.574. The second kappa shape index (κ2) is 6.33. The summed E-state index contributed by atoms with van der Waals surface area (Å²) in [4.78, 5) is 8.14. The van der Waals surface area contributed by atoms with E-state index >= 15 is 0 Å². The highest BCUT2D eigenvalue weighted by atomic mass is 35.5. The fourth-order valence-corrected chi connectivity index (χ4v) is 1.67. The fraction of sp³-hybridized carbons (Fsp3) is 0.231. The minimum absolute atomic E-state index is 0.534. The van der Waals surface area contributed by atoms with E-state index in [1.807, 2.05) is 0 Å². The van der Waals surface area contributed by atoms with Gasteiger partial charge in [0.05, 0.1) is 17.4 Å². The number of halogens is 1. The molecule has 2 aromatic rings. The number of nitrogens with zero attached hydrogens (tertiary/aromatic N) is 2. The van der Waals surface area contributed by atoms with Gasteiger partial charge in [0, 0.05) is 6.54 Å². The number of hydrogen-bond acceptors (Lipinski definition) is 4. The third kappa shape index (κ3) is 3.68. The summed E-state index contributed by atoms with van der Waals surface area (Å²) in [7, 11) is 0. The molecule has 5 heteroatoms. The van der Waals surface area contributed by atoms with Gasteiger partial charge >= 0.3 is 0 Å². The van der Waals surface area contributed by atoms with Crippen LogP contribution in [0.1, 0.15) is 11.1 Å². The summed E-state index contributed by atoms with van der Waals surface area (Å²) < 4.78 is 0. The summed E-state index contributed by atoms with van der Waals surface area (Å²) in [5.41, 5.74) is 7.93. The zero-order valence-electron chi connectivity index (χ0n) is 9.94. The van der Waals surface area contributed by atoms with Crippen molar-refractivity contribution in [1.29, 1.82) is 0 Å². The van der Waals surface area contributed by atoms with Crippen LogP contribution in [0.2, 0.25) is 5.02 Å². The van der Waals surface area contributed by atoms with Crippen molar-refractivity contribution in [3.8, 4) is 0 Å². The van der Waals surface area contributed by atoms with Crippen LogP contribution in [0.25, 0.3) is 0 Å². The number of hydrogen-bond donors (Lipinski definition) is 2. The SMILES string of the molecule is NCCc1ccc(CNc2ncc(Cl)cn2)cc1. The van der Waals surface area contributed by atoms with Crippen molar-refractivity contribution in [1.82, 2.24) is 9.97 Å². The van der Waals surface area contributed by atoms with E-state index in [1.54, 1.807) is 12.4 Å². The van der Waals surface area contributed by atoms with Gasteiger partial charge < -0.3 is 11.1 Å². The molecule has 0 aliphatic rings. The smallest absolute Gasteiger partial charge is 0.222 e. The quantitative estimate of drug-likeness (QED) is 0.867. The maximum Gasteiger partial charge on any atom is 0.222 e. The number of nitrogens with one attached hydrogen (secondary N) is 1. The molecule has 0 amide bonds. The zero-order valence-corrected chi connectivity index (χ0v) is 10.7. The lowest BCUT2D eigenvalue weighted by Gasteiger charge is -2.05. The molecule has 1 aromatic carbocycles. The normalized spacial score (nSPS) is 10.3. The molecule has 0 aliphatic heterocycles. The number of benzene rings is 1. The summed E-state index contributed by atoms with van der Waals surface area (Å²) in [6, 6.07) is 8.33. The fourth-order valence-electron chi connectivity index (χ4n) is 1.58. The molecule has 94 valence electrons. The molecule has 0 bridgehead atoms. The first-order valence-corrected chi connectivity index (χ1v) is 6.15. The van der Waals surface area contributed by atoms with Crippen molar-refractivity contribution in [2.75, 3.05) is 11.9 Å². The zero-order chi connectivity index (χ0) is 12.8. The number of rotatable bonds is 5. The Morgan fingerprint density at radius 3 is 2.28 bits per heavy atom. The molecule has 2 rings (SSSR count). The Morgan fingerprint density at radius 1 is 1.06 bits per heavy atom. The van der Waals surface area contributed by atoms with E-state index in [0.29, 0.717) is 24.1 Å². The molecular weight excluding hydrogens is 248 g/mol.